The van der Waals surface area contributed by atoms with E-state index >= 15 is 0 Å². The van der Waals surface area contributed by atoms with Crippen LogP contribution >= 0.6 is 0 Å². The maximum atomic E-state index is 11.9. The number of nitrogens with zero attached hydrogens (tertiary/aromatic N) is 1. The number of aromatic nitrogens is 1. The fourth-order valence-electron chi connectivity index (χ4n) is 1.76. The van der Waals surface area contributed by atoms with Crippen LogP contribution in [-0.4, -0.2) is 17.4 Å². The van der Waals surface area contributed by atoms with Crippen molar-refractivity contribution in [2.45, 2.75) is 13.3 Å². The lowest BCUT2D eigenvalue weighted by molar-refractivity contribution is -0.119. The number of carbonyl (C=O) groups excluding carboxylic acids is 1. The highest BCUT2D eigenvalue weighted by molar-refractivity contribution is 5.92. The minimum Gasteiger partial charge on any atom is -0.444 e. The van der Waals surface area contributed by atoms with Gasteiger partial charge >= 0.3 is 0 Å². The van der Waals surface area contributed by atoms with Gasteiger partial charge in [0.2, 0.25) is 5.91 Å². The SMILES string of the molecule is CC(CCN)C(=O)Nc1cccc(-c2cnco2)c1. The smallest absolute Gasteiger partial charge is 0.227 e. The van der Waals surface area contributed by atoms with Crippen molar-refractivity contribution in [3.05, 3.63) is 36.9 Å². The third kappa shape index (κ3) is 3.42. The molecule has 0 aliphatic carbocycles. The van der Waals surface area contributed by atoms with Crippen molar-refractivity contribution in [1.29, 1.82) is 0 Å². The van der Waals surface area contributed by atoms with Crippen molar-refractivity contribution >= 4 is 11.6 Å². The monoisotopic (exact) mass is 259 g/mol. The number of nitrogens with one attached hydrogen (secondary N) is 1. The molecule has 1 amide bonds. The zero-order valence-electron chi connectivity index (χ0n) is 10.8. The second kappa shape index (κ2) is 6.15. The van der Waals surface area contributed by atoms with Crippen LogP contribution < -0.4 is 11.1 Å². The van der Waals surface area contributed by atoms with Gasteiger partial charge in [-0.3, -0.25) is 4.79 Å². The fourth-order valence-corrected chi connectivity index (χ4v) is 1.76. The van der Waals surface area contributed by atoms with Gasteiger partial charge in [0, 0.05) is 17.2 Å². The van der Waals surface area contributed by atoms with Crippen LogP contribution in [0.4, 0.5) is 5.69 Å². The number of anilines is 1. The number of oxazole rings is 1. The van der Waals surface area contributed by atoms with Gasteiger partial charge < -0.3 is 15.5 Å². The van der Waals surface area contributed by atoms with E-state index < -0.39 is 0 Å². The minimum atomic E-state index is -0.0982. The number of hydrogen-bond donors (Lipinski definition) is 2. The van der Waals surface area contributed by atoms with Crippen LogP contribution in [0.5, 0.6) is 0 Å². The number of hydrogen-bond acceptors (Lipinski definition) is 4. The summed E-state index contributed by atoms with van der Waals surface area (Å²) in [6, 6.07) is 7.46. The molecule has 0 spiro atoms. The van der Waals surface area contributed by atoms with Gasteiger partial charge in [0.25, 0.3) is 0 Å². The Bertz CT molecular complexity index is 537. The maximum absolute atomic E-state index is 11.9. The first-order valence-corrected chi connectivity index (χ1v) is 6.20. The van der Waals surface area contributed by atoms with E-state index in [9.17, 15) is 4.79 Å². The summed E-state index contributed by atoms with van der Waals surface area (Å²) in [6.07, 6.45) is 3.69. The zero-order chi connectivity index (χ0) is 13.7. The van der Waals surface area contributed by atoms with Crippen molar-refractivity contribution in [2.75, 3.05) is 11.9 Å². The van der Waals surface area contributed by atoms with E-state index in [4.69, 9.17) is 10.2 Å². The number of carbonyl (C=O) groups is 1. The standard InChI is InChI=1S/C14H17N3O2/c1-10(5-6-15)14(18)17-12-4-2-3-11(7-12)13-8-16-9-19-13/h2-4,7-10H,5-6,15H2,1H3,(H,17,18). The van der Waals surface area contributed by atoms with Crippen molar-refractivity contribution in [3.8, 4) is 11.3 Å². The van der Waals surface area contributed by atoms with E-state index in [1.807, 2.05) is 31.2 Å². The number of rotatable bonds is 5. The van der Waals surface area contributed by atoms with Crippen LogP contribution in [0, 0.1) is 5.92 Å². The third-order valence-electron chi connectivity index (χ3n) is 2.89. The Balaban J connectivity index is 2.09. The van der Waals surface area contributed by atoms with Gasteiger partial charge in [-0.25, -0.2) is 4.98 Å². The number of benzene rings is 1. The molecule has 5 heteroatoms. The summed E-state index contributed by atoms with van der Waals surface area (Å²) in [5, 5.41) is 2.87. The van der Waals surface area contributed by atoms with E-state index in [0.29, 0.717) is 18.7 Å². The Hall–Kier alpha value is -2.14. The number of nitrogens with two attached hydrogens (primary N) is 1. The third-order valence-corrected chi connectivity index (χ3v) is 2.89. The Morgan fingerprint density at radius 3 is 3.05 bits per heavy atom. The summed E-state index contributed by atoms with van der Waals surface area (Å²) in [5.74, 6) is 0.546. The topological polar surface area (TPSA) is 81.2 Å². The molecule has 0 aliphatic rings. The molecule has 2 aromatic rings. The predicted octanol–water partition coefficient (Wildman–Crippen LogP) is 2.26. The summed E-state index contributed by atoms with van der Waals surface area (Å²) >= 11 is 0. The molecule has 0 aliphatic heterocycles. The van der Waals surface area contributed by atoms with Crippen LogP contribution in [0.25, 0.3) is 11.3 Å². The highest BCUT2D eigenvalue weighted by atomic mass is 16.3. The molecule has 1 heterocycles. The molecule has 0 saturated heterocycles. The van der Waals surface area contributed by atoms with Crippen molar-refractivity contribution in [1.82, 2.24) is 4.98 Å². The molecular formula is C14H17N3O2. The van der Waals surface area contributed by atoms with E-state index in [-0.39, 0.29) is 11.8 Å². The second-order valence-corrected chi connectivity index (χ2v) is 4.41. The van der Waals surface area contributed by atoms with Gasteiger partial charge in [-0.15, -0.1) is 0 Å². The Labute approximate surface area is 111 Å². The van der Waals surface area contributed by atoms with E-state index in [1.165, 1.54) is 6.39 Å². The maximum Gasteiger partial charge on any atom is 0.227 e. The molecule has 1 aromatic carbocycles. The van der Waals surface area contributed by atoms with Gasteiger partial charge in [-0.2, -0.15) is 0 Å². The van der Waals surface area contributed by atoms with Gasteiger partial charge in [0.05, 0.1) is 6.20 Å². The first-order chi connectivity index (χ1) is 9.20. The van der Waals surface area contributed by atoms with Crippen LogP contribution in [-0.2, 0) is 4.79 Å². The predicted molar refractivity (Wildman–Crippen MR) is 73.4 cm³/mol. The Morgan fingerprint density at radius 2 is 2.37 bits per heavy atom. The molecule has 0 saturated carbocycles. The average molecular weight is 259 g/mol. The largest absolute Gasteiger partial charge is 0.444 e. The summed E-state index contributed by atoms with van der Waals surface area (Å²) in [6.45, 7) is 2.37. The lowest BCUT2D eigenvalue weighted by Crippen LogP contribution is -2.22. The van der Waals surface area contributed by atoms with Crippen molar-refractivity contribution in [2.24, 2.45) is 11.7 Å². The highest BCUT2D eigenvalue weighted by Crippen LogP contribution is 2.22. The van der Waals surface area contributed by atoms with Crippen LogP contribution in [0.1, 0.15) is 13.3 Å². The second-order valence-electron chi connectivity index (χ2n) is 4.41. The molecule has 100 valence electrons. The summed E-state index contributed by atoms with van der Waals surface area (Å²) in [5.41, 5.74) is 7.06. The molecule has 0 fully saturated rings. The van der Waals surface area contributed by atoms with E-state index in [0.717, 1.165) is 11.3 Å². The normalized spacial score (nSPS) is 12.1. The quantitative estimate of drug-likeness (QED) is 0.863. The average Bonchev–Trinajstić information content (AvgIpc) is 2.93. The first kappa shape index (κ1) is 13.3. The van der Waals surface area contributed by atoms with E-state index in [2.05, 4.69) is 10.3 Å². The van der Waals surface area contributed by atoms with Crippen LogP contribution in [0.15, 0.2) is 41.3 Å². The first-order valence-electron chi connectivity index (χ1n) is 6.20. The molecule has 19 heavy (non-hydrogen) atoms. The number of amides is 1. The molecule has 2 rings (SSSR count). The minimum absolute atomic E-state index is 0.0276. The Kier molecular flexibility index (Phi) is 4.30. The summed E-state index contributed by atoms with van der Waals surface area (Å²) in [7, 11) is 0. The Morgan fingerprint density at radius 1 is 1.53 bits per heavy atom. The molecule has 1 unspecified atom stereocenters. The van der Waals surface area contributed by atoms with Crippen LogP contribution in [0.2, 0.25) is 0 Å². The van der Waals surface area contributed by atoms with Gasteiger partial charge in [0.1, 0.15) is 0 Å². The van der Waals surface area contributed by atoms with E-state index in [1.54, 1.807) is 6.20 Å². The molecule has 1 atom stereocenters. The highest BCUT2D eigenvalue weighted by Gasteiger charge is 2.12. The lowest BCUT2D eigenvalue weighted by atomic mass is 10.1. The molecule has 0 bridgehead atoms. The fraction of sp³-hybridized carbons (Fsp3) is 0.286. The van der Waals surface area contributed by atoms with Crippen molar-refractivity contribution < 1.29 is 9.21 Å². The summed E-state index contributed by atoms with van der Waals surface area (Å²) in [4.78, 5) is 15.8. The van der Waals surface area contributed by atoms with Gasteiger partial charge in [-0.1, -0.05) is 19.1 Å². The molecule has 3 N–H and O–H groups in total. The van der Waals surface area contributed by atoms with Gasteiger partial charge in [0.15, 0.2) is 12.2 Å². The molecule has 5 nitrogen and oxygen atoms in total. The lowest BCUT2D eigenvalue weighted by Gasteiger charge is -2.11. The van der Waals surface area contributed by atoms with Gasteiger partial charge in [-0.05, 0) is 25.1 Å². The molecular weight excluding hydrogens is 242 g/mol. The molecule has 1 aromatic heterocycles. The zero-order valence-corrected chi connectivity index (χ0v) is 10.8. The molecule has 0 radical (unpaired) electrons. The van der Waals surface area contributed by atoms with Crippen molar-refractivity contribution in [3.63, 3.8) is 0 Å². The van der Waals surface area contributed by atoms with Crippen LogP contribution in [0.3, 0.4) is 0 Å². The summed E-state index contributed by atoms with van der Waals surface area (Å²) < 4.78 is 5.23.